The number of rotatable bonds is 4. The number of nitrogens with zero attached hydrogens (tertiary/aromatic N) is 2. The van der Waals surface area contributed by atoms with Crippen molar-refractivity contribution < 1.29 is 23.1 Å². The zero-order chi connectivity index (χ0) is 25.1. The molecule has 0 unspecified atom stereocenters. The van der Waals surface area contributed by atoms with E-state index in [4.69, 9.17) is 0 Å². The van der Waals surface area contributed by atoms with Gasteiger partial charge < -0.3 is 14.7 Å². The van der Waals surface area contributed by atoms with Gasteiger partial charge >= 0.3 is 17.8 Å². The molecule has 0 aliphatic heterocycles. The van der Waals surface area contributed by atoms with Gasteiger partial charge in [0.15, 0.2) is 5.69 Å². The second-order valence-corrected chi connectivity index (χ2v) is 8.76. The Bertz CT molecular complexity index is 1760. The zero-order valence-electron chi connectivity index (χ0n) is 18.0. The molecule has 5 aromatic rings. The van der Waals surface area contributed by atoms with Crippen molar-refractivity contribution in [3.05, 3.63) is 96.4 Å². The third-order valence-corrected chi connectivity index (χ3v) is 6.66. The Morgan fingerprint density at radius 1 is 1.09 bits per heavy atom. The Morgan fingerprint density at radius 3 is 2.51 bits per heavy atom. The lowest BCUT2D eigenvalue weighted by molar-refractivity contribution is -0.137. The number of aromatic carboxylic acids is 1. The van der Waals surface area contributed by atoms with Gasteiger partial charge in [-0.3, -0.25) is 4.79 Å². The molecule has 2 N–H and O–H groups in total. The Morgan fingerprint density at radius 2 is 1.83 bits per heavy atom. The lowest BCUT2D eigenvalue weighted by atomic mass is 10.1. The van der Waals surface area contributed by atoms with Crippen LogP contribution < -0.4 is 11.2 Å². The highest BCUT2D eigenvalue weighted by atomic mass is 32.1. The standard InChI is InChI=1S/C24H16F3N3O4S/c1-12-4-2-3-5-13(12)9-29-18-7-6-14(24(25,26)27)8-15(18)19(20(29)22(32)33)30-21(31)16-10-35-11-17(16)28-23(30)34/h2-8,10-11H,9H2,1H3,(H,28,34)(H,32,33). The van der Waals surface area contributed by atoms with Crippen molar-refractivity contribution in [1.82, 2.24) is 14.1 Å². The quantitative estimate of drug-likeness (QED) is 0.372. The minimum absolute atomic E-state index is 0.00349. The van der Waals surface area contributed by atoms with Crippen LogP contribution >= 0.6 is 11.3 Å². The van der Waals surface area contributed by atoms with Gasteiger partial charge in [0.1, 0.15) is 0 Å². The SMILES string of the molecule is Cc1ccccc1Cn1c(C(=O)O)c(-n2c(=O)[nH]c3cscc3c2=O)c2cc(C(F)(F)F)ccc21. The summed E-state index contributed by atoms with van der Waals surface area (Å²) in [7, 11) is 0. The molecule has 11 heteroatoms. The molecule has 0 spiro atoms. The fourth-order valence-electron chi connectivity index (χ4n) is 4.22. The number of carboxylic acids is 1. The van der Waals surface area contributed by atoms with Gasteiger partial charge in [0.25, 0.3) is 5.56 Å². The number of hydrogen-bond acceptors (Lipinski definition) is 4. The van der Waals surface area contributed by atoms with Crippen LogP contribution in [-0.4, -0.2) is 25.2 Å². The van der Waals surface area contributed by atoms with Crippen molar-refractivity contribution in [2.45, 2.75) is 19.6 Å². The summed E-state index contributed by atoms with van der Waals surface area (Å²) in [5.41, 5.74) is -1.70. The number of carbonyl (C=O) groups is 1. The minimum atomic E-state index is -4.72. The molecule has 0 radical (unpaired) electrons. The van der Waals surface area contributed by atoms with Gasteiger partial charge in [-0.15, -0.1) is 11.3 Å². The Kier molecular flexibility index (Phi) is 5.17. The van der Waals surface area contributed by atoms with Crippen LogP contribution in [0.1, 0.15) is 27.2 Å². The highest BCUT2D eigenvalue weighted by molar-refractivity contribution is 7.09. The molecule has 0 saturated carbocycles. The van der Waals surface area contributed by atoms with Gasteiger partial charge in [0.05, 0.1) is 27.7 Å². The van der Waals surface area contributed by atoms with Gasteiger partial charge in [0.2, 0.25) is 0 Å². The molecule has 5 rings (SSSR count). The Balaban J connectivity index is 1.94. The molecule has 35 heavy (non-hydrogen) atoms. The highest BCUT2D eigenvalue weighted by Crippen LogP contribution is 2.36. The second kappa shape index (κ2) is 7.98. The van der Waals surface area contributed by atoms with Crippen LogP contribution in [0.5, 0.6) is 0 Å². The molecule has 0 bridgehead atoms. The topological polar surface area (TPSA) is 97.1 Å². The summed E-state index contributed by atoms with van der Waals surface area (Å²) >= 11 is 1.15. The van der Waals surface area contributed by atoms with Gasteiger partial charge in [-0.25, -0.2) is 14.2 Å². The number of benzene rings is 2. The van der Waals surface area contributed by atoms with Crippen molar-refractivity contribution in [1.29, 1.82) is 0 Å². The monoisotopic (exact) mass is 499 g/mol. The van der Waals surface area contributed by atoms with E-state index in [0.717, 1.165) is 40.7 Å². The number of aromatic amines is 1. The molecule has 0 aliphatic carbocycles. The van der Waals surface area contributed by atoms with E-state index < -0.39 is 40.3 Å². The number of alkyl halides is 3. The van der Waals surface area contributed by atoms with Gasteiger partial charge in [-0.1, -0.05) is 24.3 Å². The van der Waals surface area contributed by atoms with Crippen LogP contribution in [0.4, 0.5) is 13.2 Å². The third kappa shape index (κ3) is 3.64. The molecule has 0 saturated heterocycles. The molecule has 7 nitrogen and oxygen atoms in total. The summed E-state index contributed by atoms with van der Waals surface area (Å²) in [4.78, 5) is 41.2. The normalized spacial score (nSPS) is 12.0. The zero-order valence-corrected chi connectivity index (χ0v) is 18.8. The van der Waals surface area contributed by atoms with Crippen LogP contribution in [0, 0.1) is 6.92 Å². The van der Waals surface area contributed by atoms with Crippen LogP contribution in [0.3, 0.4) is 0 Å². The average molecular weight is 499 g/mol. The number of halogens is 3. The average Bonchev–Trinajstić information content (AvgIpc) is 3.38. The molecule has 0 fully saturated rings. The fourth-order valence-corrected chi connectivity index (χ4v) is 4.98. The molecular formula is C24H16F3N3O4S. The maximum Gasteiger partial charge on any atom is 0.416 e. The molecule has 0 aliphatic rings. The number of hydrogen-bond donors (Lipinski definition) is 2. The first-order chi connectivity index (χ1) is 16.6. The first-order valence-corrected chi connectivity index (χ1v) is 11.2. The number of thiophene rings is 1. The van der Waals surface area contributed by atoms with E-state index in [0.29, 0.717) is 4.57 Å². The lowest BCUT2D eigenvalue weighted by Gasteiger charge is -2.12. The summed E-state index contributed by atoms with van der Waals surface area (Å²) in [6, 6.07) is 9.94. The van der Waals surface area contributed by atoms with Crippen molar-refractivity contribution in [3.63, 3.8) is 0 Å². The van der Waals surface area contributed by atoms with E-state index in [2.05, 4.69) is 4.98 Å². The summed E-state index contributed by atoms with van der Waals surface area (Å²) in [5, 5.41) is 13.2. The first kappa shape index (κ1) is 22.7. The summed E-state index contributed by atoms with van der Waals surface area (Å²) < 4.78 is 42.7. The number of H-pyrrole nitrogens is 1. The number of aryl methyl sites for hydroxylation is 1. The molecule has 178 valence electrons. The number of fused-ring (bicyclic) bond motifs is 2. The van der Waals surface area contributed by atoms with E-state index >= 15 is 0 Å². The van der Waals surface area contributed by atoms with Crippen LogP contribution in [0.2, 0.25) is 0 Å². The number of aromatic nitrogens is 3. The van der Waals surface area contributed by atoms with E-state index in [-0.39, 0.29) is 28.4 Å². The smallest absolute Gasteiger partial charge is 0.416 e. The van der Waals surface area contributed by atoms with Crippen molar-refractivity contribution in [3.8, 4) is 5.69 Å². The van der Waals surface area contributed by atoms with E-state index in [1.54, 1.807) is 23.6 Å². The second-order valence-electron chi connectivity index (χ2n) is 8.01. The molecule has 2 aromatic carbocycles. The Labute approximate surface area is 198 Å². The fraction of sp³-hybridized carbons (Fsp3) is 0.125. The predicted molar refractivity (Wildman–Crippen MR) is 126 cm³/mol. The minimum Gasteiger partial charge on any atom is -0.477 e. The summed E-state index contributed by atoms with van der Waals surface area (Å²) in [6.45, 7) is 1.83. The first-order valence-electron chi connectivity index (χ1n) is 10.3. The highest BCUT2D eigenvalue weighted by Gasteiger charge is 2.33. The van der Waals surface area contributed by atoms with Gasteiger partial charge in [-0.2, -0.15) is 13.2 Å². The maximum absolute atomic E-state index is 13.6. The molecule has 3 heterocycles. The van der Waals surface area contributed by atoms with E-state index in [1.807, 2.05) is 13.0 Å². The van der Waals surface area contributed by atoms with Crippen molar-refractivity contribution in [2.24, 2.45) is 0 Å². The lowest BCUT2D eigenvalue weighted by Crippen LogP contribution is -2.34. The molecular weight excluding hydrogens is 483 g/mol. The van der Waals surface area contributed by atoms with Crippen LogP contribution in [0.25, 0.3) is 27.5 Å². The van der Waals surface area contributed by atoms with Gasteiger partial charge in [-0.05, 0) is 36.2 Å². The van der Waals surface area contributed by atoms with E-state index in [1.165, 1.54) is 9.95 Å². The van der Waals surface area contributed by atoms with Crippen molar-refractivity contribution >= 4 is 39.1 Å². The summed E-state index contributed by atoms with van der Waals surface area (Å²) in [5.74, 6) is -1.49. The Hall–Kier alpha value is -4.12. The molecule has 0 amide bonds. The third-order valence-electron chi connectivity index (χ3n) is 5.92. The van der Waals surface area contributed by atoms with Gasteiger partial charge in [0, 0.05) is 22.7 Å². The van der Waals surface area contributed by atoms with E-state index in [9.17, 15) is 32.7 Å². The summed E-state index contributed by atoms with van der Waals surface area (Å²) in [6.07, 6.45) is -4.72. The number of nitrogens with one attached hydrogen (secondary N) is 1. The van der Waals surface area contributed by atoms with Crippen molar-refractivity contribution in [2.75, 3.05) is 0 Å². The van der Waals surface area contributed by atoms with Crippen LogP contribution in [-0.2, 0) is 12.7 Å². The maximum atomic E-state index is 13.6. The van der Waals surface area contributed by atoms with Crippen LogP contribution in [0.15, 0.2) is 62.8 Å². The predicted octanol–water partition coefficient (Wildman–Crippen LogP) is 4.77. The number of carboxylic acid groups (broad SMARTS) is 1. The molecule has 0 atom stereocenters. The largest absolute Gasteiger partial charge is 0.477 e. The molecule has 3 aromatic heterocycles.